The van der Waals surface area contributed by atoms with Crippen LogP contribution in [0.5, 0.6) is 0 Å². The highest BCUT2D eigenvalue weighted by atomic mass is 32.2. The quantitative estimate of drug-likeness (QED) is 0.465. The number of carbonyl (C=O) groups excluding carboxylic acids is 2. The molecular formula is C27H33N3O4S. The zero-order valence-electron chi connectivity index (χ0n) is 20.6. The van der Waals surface area contributed by atoms with E-state index in [1.807, 2.05) is 68.4 Å². The SMILES string of the molecule is CC(C)CNC(=O)[C@@H](C)N(Cc1ccccc1)C(=O)CN(C)S(=O)(=O)c1ccc2ccccc2c1. The average Bonchev–Trinajstić information content (AvgIpc) is 2.85. The van der Waals surface area contributed by atoms with Crippen molar-refractivity contribution in [3.8, 4) is 0 Å². The highest BCUT2D eigenvalue weighted by molar-refractivity contribution is 7.89. The van der Waals surface area contributed by atoms with Crippen molar-refractivity contribution in [2.45, 2.75) is 38.3 Å². The summed E-state index contributed by atoms with van der Waals surface area (Å²) in [5.41, 5.74) is 0.851. The number of benzene rings is 3. The van der Waals surface area contributed by atoms with E-state index in [1.54, 1.807) is 25.1 Å². The van der Waals surface area contributed by atoms with Crippen LogP contribution in [0.1, 0.15) is 26.3 Å². The van der Waals surface area contributed by atoms with Crippen molar-refractivity contribution in [3.05, 3.63) is 78.4 Å². The third-order valence-electron chi connectivity index (χ3n) is 5.83. The molecule has 1 atom stereocenters. The van der Waals surface area contributed by atoms with Crippen LogP contribution in [-0.4, -0.2) is 55.6 Å². The Bertz CT molecular complexity index is 1280. The Kier molecular flexibility index (Phi) is 8.64. The van der Waals surface area contributed by atoms with Gasteiger partial charge in [0, 0.05) is 20.1 Å². The first-order valence-corrected chi connectivity index (χ1v) is 13.1. The lowest BCUT2D eigenvalue weighted by atomic mass is 10.1. The van der Waals surface area contributed by atoms with Crippen LogP contribution >= 0.6 is 0 Å². The molecule has 0 saturated carbocycles. The molecule has 0 aliphatic carbocycles. The molecule has 0 bridgehead atoms. The van der Waals surface area contributed by atoms with Gasteiger partial charge < -0.3 is 10.2 Å². The molecule has 0 spiro atoms. The number of hydrogen-bond acceptors (Lipinski definition) is 4. The van der Waals surface area contributed by atoms with Crippen LogP contribution < -0.4 is 5.32 Å². The average molecular weight is 496 g/mol. The van der Waals surface area contributed by atoms with E-state index in [0.717, 1.165) is 20.6 Å². The smallest absolute Gasteiger partial charge is 0.243 e. The van der Waals surface area contributed by atoms with Crippen molar-refractivity contribution in [2.24, 2.45) is 5.92 Å². The number of likely N-dealkylation sites (N-methyl/N-ethyl adjacent to an activating group) is 1. The fourth-order valence-corrected chi connectivity index (χ4v) is 4.85. The Labute approximate surface area is 207 Å². The van der Waals surface area contributed by atoms with Gasteiger partial charge >= 0.3 is 0 Å². The molecule has 0 radical (unpaired) electrons. The number of sulfonamides is 1. The number of nitrogens with one attached hydrogen (secondary N) is 1. The Hall–Kier alpha value is -3.23. The number of amides is 2. The zero-order valence-corrected chi connectivity index (χ0v) is 21.5. The van der Waals surface area contributed by atoms with E-state index in [0.29, 0.717) is 6.54 Å². The summed E-state index contributed by atoms with van der Waals surface area (Å²) < 4.78 is 27.5. The van der Waals surface area contributed by atoms with Crippen molar-refractivity contribution >= 4 is 32.6 Å². The maximum Gasteiger partial charge on any atom is 0.243 e. The van der Waals surface area contributed by atoms with Crippen molar-refractivity contribution in [1.29, 1.82) is 0 Å². The maximum atomic E-state index is 13.4. The molecule has 3 aromatic rings. The van der Waals surface area contributed by atoms with Crippen molar-refractivity contribution < 1.29 is 18.0 Å². The Morgan fingerprint density at radius 1 is 0.886 bits per heavy atom. The minimum Gasteiger partial charge on any atom is -0.354 e. The summed E-state index contributed by atoms with van der Waals surface area (Å²) in [5.74, 6) is -0.460. The molecule has 1 N–H and O–H groups in total. The van der Waals surface area contributed by atoms with E-state index in [1.165, 1.54) is 11.9 Å². The molecule has 35 heavy (non-hydrogen) atoms. The van der Waals surface area contributed by atoms with Crippen molar-refractivity contribution in [3.63, 3.8) is 0 Å². The first kappa shape index (κ1) is 26.4. The first-order chi connectivity index (χ1) is 16.6. The summed E-state index contributed by atoms with van der Waals surface area (Å²) in [6, 6.07) is 21.0. The van der Waals surface area contributed by atoms with E-state index < -0.39 is 22.0 Å². The second kappa shape index (κ2) is 11.5. The highest BCUT2D eigenvalue weighted by Crippen LogP contribution is 2.21. The summed E-state index contributed by atoms with van der Waals surface area (Å²) in [7, 11) is -2.53. The minimum absolute atomic E-state index is 0.115. The number of fused-ring (bicyclic) bond motifs is 1. The van der Waals surface area contributed by atoms with Crippen LogP contribution in [0.2, 0.25) is 0 Å². The molecule has 0 unspecified atom stereocenters. The molecule has 0 fully saturated rings. The predicted molar refractivity (Wildman–Crippen MR) is 138 cm³/mol. The van der Waals surface area contributed by atoms with Crippen molar-refractivity contribution in [1.82, 2.24) is 14.5 Å². The second-order valence-corrected chi connectivity index (χ2v) is 11.1. The van der Waals surface area contributed by atoms with Crippen LogP contribution in [-0.2, 0) is 26.2 Å². The molecule has 0 aliphatic heterocycles. The van der Waals surface area contributed by atoms with Gasteiger partial charge in [-0.15, -0.1) is 0 Å². The largest absolute Gasteiger partial charge is 0.354 e. The van der Waals surface area contributed by atoms with E-state index in [9.17, 15) is 18.0 Å². The van der Waals surface area contributed by atoms with Crippen LogP contribution in [0.3, 0.4) is 0 Å². The van der Waals surface area contributed by atoms with Gasteiger partial charge in [-0.05, 0) is 41.3 Å². The molecule has 2 amide bonds. The van der Waals surface area contributed by atoms with Crippen LogP contribution in [0.15, 0.2) is 77.7 Å². The maximum absolute atomic E-state index is 13.4. The van der Waals surface area contributed by atoms with Gasteiger partial charge in [0.2, 0.25) is 21.8 Å². The summed E-state index contributed by atoms with van der Waals surface area (Å²) in [5, 5.41) is 4.60. The lowest BCUT2D eigenvalue weighted by Crippen LogP contribution is -2.51. The molecular weight excluding hydrogens is 462 g/mol. The summed E-state index contributed by atoms with van der Waals surface area (Å²) in [6.07, 6.45) is 0. The van der Waals surface area contributed by atoms with Gasteiger partial charge in [-0.25, -0.2) is 8.42 Å². The predicted octanol–water partition coefficient (Wildman–Crippen LogP) is 3.65. The lowest BCUT2D eigenvalue weighted by Gasteiger charge is -2.30. The number of nitrogens with zero attached hydrogens (tertiary/aromatic N) is 2. The Morgan fingerprint density at radius 2 is 1.51 bits per heavy atom. The number of carbonyl (C=O) groups is 2. The van der Waals surface area contributed by atoms with Crippen LogP contribution in [0, 0.1) is 5.92 Å². The van der Waals surface area contributed by atoms with Crippen LogP contribution in [0.4, 0.5) is 0 Å². The second-order valence-electron chi connectivity index (χ2n) is 9.09. The molecule has 0 aromatic heterocycles. The number of hydrogen-bond donors (Lipinski definition) is 1. The van der Waals surface area contributed by atoms with Gasteiger partial charge in [0.05, 0.1) is 11.4 Å². The molecule has 7 nitrogen and oxygen atoms in total. The summed E-state index contributed by atoms with van der Waals surface area (Å²) in [4.78, 5) is 27.7. The standard InChI is InChI=1S/C27H33N3O4S/c1-20(2)17-28-27(32)21(3)30(18-22-10-6-5-7-11-22)26(31)19-29(4)35(33,34)25-15-14-23-12-8-9-13-24(23)16-25/h5-16,20-21H,17-19H2,1-4H3,(H,28,32)/t21-/m1/s1. The Morgan fingerprint density at radius 3 is 2.17 bits per heavy atom. The van der Waals surface area contributed by atoms with Gasteiger partial charge in [-0.1, -0.05) is 74.5 Å². The van der Waals surface area contributed by atoms with Gasteiger partial charge in [0.25, 0.3) is 0 Å². The molecule has 0 aliphatic rings. The fourth-order valence-electron chi connectivity index (χ4n) is 3.69. The molecule has 8 heteroatoms. The van der Waals surface area contributed by atoms with E-state index in [2.05, 4.69) is 5.32 Å². The molecule has 3 aromatic carbocycles. The minimum atomic E-state index is -3.91. The van der Waals surface area contributed by atoms with E-state index >= 15 is 0 Å². The number of rotatable bonds is 10. The van der Waals surface area contributed by atoms with E-state index in [4.69, 9.17) is 0 Å². The topological polar surface area (TPSA) is 86.8 Å². The highest BCUT2D eigenvalue weighted by Gasteiger charge is 2.30. The Balaban J connectivity index is 1.81. The van der Waals surface area contributed by atoms with Gasteiger partial charge in [0.15, 0.2) is 0 Å². The molecule has 0 heterocycles. The van der Waals surface area contributed by atoms with Crippen molar-refractivity contribution in [2.75, 3.05) is 20.1 Å². The van der Waals surface area contributed by atoms with E-state index in [-0.39, 0.29) is 29.8 Å². The monoisotopic (exact) mass is 495 g/mol. The zero-order chi connectivity index (χ0) is 25.6. The first-order valence-electron chi connectivity index (χ1n) is 11.7. The summed E-state index contributed by atoms with van der Waals surface area (Å²) >= 11 is 0. The lowest BCUT2D eigenvalue weighted by molar-refractivity contribution is -0.140. The molecule has 186 valence electrons. The molecule has 0 saturated heterocycles. The fraction of sp³-hybridized carbons (Fsp3) is 0.333. The molecule has 3 rings (SSSR count). The van der Waals surface area contributed by atoms with Gasteiger partial charge in [-0.2, -0.15) is 4.31 Å². The normalized spacial score (nSPS) is 12.6. The van der Waals surface area contributed by atoms with Gasteiger partial charge in [-0.3, -0.25) is 9.59 Å². The summed E-state index contributed by atoms with van der Waals surface area (Å²) in [6.45, 7) is 5.94. The third-order valence-corrected chi connectivity index (χ3v) is 7.63. The third kappa shape index (κ3) is 6.68. The van der Waals surface area contributed by atoms with Gasteiger partial charge in [0.1, 0.15) is 6.04 Å². The van der Waals surface area contributed by atoms with Crippen LogP contribution in [0.25, 0.3) is 10.8 Å².